The van der Waals surface area contributed by atoms with Crippen molar-refractivity contribution in [2.75, 3.05) is 13.1 Å². The number of rotatable bonds is 5. The molecule has 0 saturated heterocycles. The predicted molar refractivity (Wildman–Crippen MR) is 71.7 cm³/mol. The minimum atomic E-state index is 0.299. The van der Waals surface area contributed by atoms with Gasteiger partial charge < -0.3 is 11.1 Å². The first-order valence-corrected chi connectivity index (χ1v) is 7.67. The van der Waals surface area contributed by atoms with Gasteiger partial charge >= 0.3 is 0 Å². The second-order valence-corrected chi connectivity index (χ2v) is 7.03. The van der Waals surface area contributed by atoms with Crippen molar-refractivity contribution in [3.8, 4) is 0 Å². The zero-order valence-corrected chi connectivity index (χ0v) is 11.3. The van der Waals surface area contributed by atoms with Gasteiger partial charge in [0.15, 0.2) is 0 Å². The summed E-state index contributed by atoms with van der Waals surface area (Å²) >= 11 is 0. The van der Waals surface area contributed by atoms with E-state index in [2.05, 4.69) is 12.2 Å². The van der Waals surface area contributed by atoms with Crippen molar-refractivity contribution in [3.63, 3.8) is 0 Å². The average Bonchev–Trinajstić information content (AvgIpc) is 3.23. The number of hydrogen-bond acceptors (Lipinski definition) is 2. The second-order valence-electron chi connectivity index (χ2n) is 7.03. The maximum atomic E-state index is 6.10. The van der Waals surface area contributed by atoms with E-state index in [4.69, 9.17) is 5.73 Å². The molecule has 0 bridgehead atoms. The topological polar surface area (TPSA) is 38.0 Å². The van der Waals surface area contributed by atoms with Gasteiger partial charge in [0.1, 0.15) is 0 Å². The van der Waals surface area contributed by atoms with Gasteiger partial charge in [-0.25, -0.2) is 0 Å². The summed E-state index contributed by atoms with van der Waals surface area (Å²) in [5, 5.41) is 3.86. The number of hydrogen-bond donors (Lipinski definition) is 2. The minimum Gasteiger partial charge on any atom is -0.329 e. The molecular formula is C15H28N2. The molecule has 0 heterocycles. The van der Waals surface area contributed by atoms with E-state index in [1.165, 1.54) is 51.5 Å². The summed E-state index contributed by atoms with van der Waals surface area (Å²) in [5.41, 5.74) is 6.40. The Hall–Kier alpha value is -0.0800. The highest BCUT2D eigenvalue weighted by molar-refractivity contribution is 4.99. The number of nitrogens with two attached hydrogens (primary N) is 1. The Morgan fingerprint density at radius 3 is 2.59 bits per heavy atom. The van der Waals surface area contributed by atoms with Crippen molar-refractivity contribution >= 4 is 0 Å². The van der Waals surface area contributed by atoms with Crippen LogP contribution in [-0.2, 0) is 0 Å². The molecule has 0 aromatic carbocycles. The monoisotopic (exact) mass is 236 g/mol. The fraction of sp³-hybridized carbons (Fsp3) is 1.00. The van der Waals surface area contributed by atoms with Gasteiger partial charge in [0, 0.05) is 12.1 Å². The van der Waals surface area contributed by atoms with E-state index in [1.54, 1.807) is 0 Å². The fourth-order valence-electron chi connectivity index (χ4n) is 3.83. The highest BCUT2D eigenvalue weighted by atomic mass is 15.0. The highest BCUT2D eigenvalue weighted by Gasteiger charge is 2.42. The van der Waals surface area contributed by atoms with Crippen LogP contribution in [0, 0.1) is 23.7 Å². The Balaban J connectivity index is 1.55. The van der Waals surface area contributed by atoms with Gasteiger partial charge in [0.2, 0.25) is 0 Å². The molecule has 3 saturated carbocycles. The van der Waals surface area contributed by atoms with E-state index < -0.39 is 0 Å². The molecule has 4 atom stereocenters. The van der Waals surface area contributed by atoms with Crippen LogP contribution in [0.15, 0.2) is 0 Å². The highest BCUT2D eigenvalue weighted by Crippen LogP contribution is 2.46. The van der Waals surface area contributed by atoms with Crippen LogP contribution in [0.1, 0.15) is 51.9 Å². The van der Waals surface area contributed by atoms with E-state index >= 15 is 0 Å². The molecule has 3 rings (SSSR count). The third kappa shape index (κ3) is 2.68. The van der Waals surface area contributed by atoms with Crippen molar-refractivity contribution in [1.29, 1.82) is 0 Å². The molecule has 0 radical (unpaired) electrons. The van der Waals surface area contributed by atoms with Crippen molar-refractivity contribution in [1.82, 2.24) is 5.32 Å². The first kappa shape index (κ1) is 12.0. The Bertz CT molecular complexity index is 274. The molecule has 0 aromatic rings. The maximum Gasteiger partial charge on any atom is 0.0306 e. The zero-order valence-electron chi connectivity index (χ0n) is 11.3. The fourth-order valence-corrected chi connectivity index (χ4v) is 3.83. The molecule has 0 aliphatic heterocycles. The first-order valence-electron chi connectivity index (χ1n) is 7.67. The molecule has 3 fully saturated rings. The van der Waals surface area contributed by atoms with Crippen LogP contribution < -0.4 is 11.1 Å². The van der Waals surface area contributed by atoms with E-state index in [1.807, 2.05) is 0 Å². The van der Waals surface area contributed by atoms with Gasteiger partial charge in [-0.1, -0.05) is 19.8 Å². The third-order valence-electron chi connectivity index (χ3n) is 5.58. The van der Waals surface area contributed by atoms with E-state index in [-0.39, 0.29) is 0 Å². The SMILES string of the molecule is CC1CC1CNC1(CN)CCCC(C2CC2)C1. The summed E-state index contributed by atoms with van der Waals surface area (Å²) in [5.74, 6) is 3.94. The van der Waals surface area contributed by atoms with E-state index in [0.717, 1.165) is 30.2 Å². The molecule has 0 amide bonds. The molecule has 3 aliphatic rings. The quantitative estimate of drug-likeness (QED) is 0.770. The number of nitrogens with one attached hydrogen (secondary N) is 1. The van der Waals surface area contributed by atoms with Crippen LogP contribution in [0.2, 0.25) is 0 Å². The Labute approximate surface area is 106 Å². The average molecular weight is 236 g/mol. The molecule has 0 aromatic heterocycles. The molecule has 17 heavy (non-hydrogen) atoms. The second kappa shape index (κ2) is 4.55. The molecule has 0 spiro atoms. The predicted octanol–water partition coefficient (Wildman–Crippen LogP) is 2.53. The van der Waals surface area contributed by atoms with Crippen LogP contribution in [0.4, 0.5) is 0 Å². The molecule has 3 N–H and O–H groups in total. The zero-order chi connectivity index (χ0) is 11.9. The summed E-state index contributed by atoms with van der Waals surface area (Å²) in [7, 11) is 0. The van der Waals surface area contributed by atoms with Gasteiger partial charge in [-0.2, -0.15) is 0 Å². The summed E-state index contributed by atoms with van der Waals surface area (Å²) in [4.78, 5) is 0. The summed E-state index contributed by atoms with van der Waals surface area (Å²) in [6, 6.07) is 0. The van der Waals surface area contributed by atoms with Crippen LogP contribution in [0.25, 0.3) is 0 Å². The lowest BCUT2D eigenvalue weighted by Gasteiger charge is -2.41. The summed E-state index contributed by atoms with van der Waals surface area (Å²) in [6.07, 6.45) is 9.94. The first-order chi connectivity index (χ1) is 8.22. The van der Waals surface area contributed by atoms with E-state index in [9.17, 15) is 0 Å². The minimum absolute atomic E-state index is 0.299. The molecular weight excluding hydrogens is 208 g/mol. The third-order valence-corrected chi connectivity index (χ3v) is 5.58. The molecule has 2 heteroatoms. The largest absolute Gasteiger partial charge is 0.329 e. The lowest BCUT2D eigenvalue weighted by molar-refractivity contribution is 0.168. The van der Waals surface area contributed by atoms with Crippen LogP contribution >= 0.6 is 0 Å². The maximum absolute atomic E-state index is 6.10. The van der Waals surface area contributed by atoms with Crippen LogP contribution in [0.5, 0.6) is 0 Å². The summed E-state index contributed by atoms with van der Waals surface area (Å²) in [6.45, 7) is 4.43. The van der Waals surface area contributed by atoms with Crippen molar-refractivity contribution in [2.45, 2.75) is 57.4 Å². The Morgan fingerprint density at radius 1 is 1.24 bits per heavy atom. The molecule has 2 nitrogen and oxygen atoms in total. The van der Waals surface area contributed by atoms with Gasteiger partial charge in [-0.15, -0.1) is 0 Å². The Kier molecular flexibility index (Phi) is 3.20. The molecule has 4 unspecified atom stereocenters. The van der Waals surface area contributed by atoms with Gasteiger partial charge in [-0.05, 0) is 62.3 Å². The smallest absolute Gasteiger partial charge is 0.0306 e. The molecule has 3 aliphatic carbocycles. The molecule has 98 valence electrons. The lowest BCUT2D eigenvalue weighted by Crippen LogP contribution is -2.54. The summed E-state index contributed by atoms with van der Waals surface area (Å²) < 4.78 is 0. The van der Waals surface area contributed by atoms with E-state index in [0.29, 0.717) is 5.54 Å². The van der Waals surface area contributed by atoms with Crippen molar-refractivity contribution in [3.05, 3.63) is 0 Å². The van der Waals surface area contributed by atoms with Gasteiger partial charge in [0.05, 0.1) is 0 Å². The Morgan fingerprint density at radius 2 is 2.00 bits per heavy atom. The van der Waals surface area contributed by atoms with Gasteiger partial charge in [0.25, 0.3) is 0 Å². The standard InChI is InChI=1S/C15H28N2/c1-11-7-14(11)9-17-15(10-16)6-2-3-13(8-15)12-4-5-12/h11-14,17H,2-10,16H2,1H3. The van der Waals surface area contributed by atoms with Crippen LogP contribution in [-0.4, -0.2) is 18.6 Å². The normalized spacial score (nSPS) is 45.9. The van der Waals surface area contributed by atoms with Gasteiger partial charge in [-0.3, -0.25) is 0 Å². The van der Waals surface area contributed by atoms with Crippen molar-refractivity contribution < 1.29 is 0 Å². The van der Waals surface area contributed by atoms with Crippen molar-refractivity contribution in [2.24, 2.45) is 29.4 Å². The van der Waals surface area contributed by atoms with Crippen LogP contribution in [0.3, 0.4) is 0 Å². The lowest BCUT2D eigenvalue weighted by atomic mass is 9.73.